The van der Waals surface area contributed by atoms with E-state index in [2.05, 4.69) is 10.3 Å². The molecular weight excluding hydrogens is 314 g/mol. The molecule has 1 aromatic heterocycles. The molecule has 0 saturated carbocycles. The lowest BCUT2D eigenvalue weighted by Gasteiger charge is -2.36. The van der Waals surface area contributed by atoms with Crippen LogP contribution in [0.2, 0.25) is 5.02 Å². The molecule has 2 heterocycles. The summed E-state index contributed by atoms with van der Waals surface area (Å²) in [7, 11) is 0. The Balaban J connectivity index is 1.92. The summed E-state index contributed by atoms with van der Waals surface area (Å²) in [4.78, 5) is 17.0. The molecule has 5 nitrogen and oxygen atoms in total. The highest BCUT2D eigenvalue weighted by atomic mass is 35.5. The predicted octanol–water partition coefficient (Wildman–Crippen LogP) is 3.00. The standard InChI is InChI=1S/C17H18ClN3O2/c18-13-3-1-2-12(10-13)17(6-8-23-9-7-17)16(22)21-14-4-5-15(19)20-11-14/h1-5,10-11H,6-9H2,(H2,19,20)(H,21,22). The molecule has 1 fully saturated rings. The second-order valence-electron chi connectivity index (χ2n) is 5.63. The monoisotopic (exact) mass is 331 g/mol. The number of rotatable bonds is 3. The minimum Gasteiger partial charge on any atom is -0.384 e. The number of halogens is 1. The maximum absolute atomic E-state index is 13.0. The van der Waals surface area contributed by atoms with Gasteiger partial charge in [-0.05, 0) is 42.7 Å². The van der Waals surface area contributed by atoms with Crippen LogP contribution in [0.25, 0.3) is 0 Å². The molecule has 120 valence electrons. The number of hydrogen-bond acceptors (Lipinski definition) is 4. The second kappa shape index (κ2) is 6.56. The normalized spacial score (nSPS) is 16.7. The van der Waals surface area contributed by atoms with Crippen LogP contribution in [0.3, 0.4) is 0 Å². The van der Waals surface area contributed by atoms with E-state index in [0.717, 1.165) is 5.56 Å². The molecule has 0 aliphatic carbocycles. The summed E-state index contributed by atoms with van der Waals surface area (Å²) in [5.41, 5.74) is 6.46. The summed E-state index contributed by atoms with van der Waals surface area (Å²) >= 11 is 6.12. The molecule has 1 aromatic carbocycles. The Labute approximate surface area is 139 Å². The molecule has 3 N–H and O–H groups in total. The van der Waals surface area contributed by atoms with Crippen molar-refractivity contribution in [2.75, 3.05) is 24.3 Å². The summed E-state index contributed by atoms with van der Waals surface area (Å²) < 4.78 is 5.45. The molecule has 1 aliphatic rings. The van der Waals surface area contributed by atoms with Crippen molar-refractivity contribution in [3.8, 4) is 0 Å². The van der Waals surface area contributed by atoms with E-state index in [-0.39, 0.29) is 5.91 Å². The van der Waals surface area contributed by atoms with Gasteiger partial charge in [0.1, 0.15) is 5.82 Å². The van der Waals surface area contributed by atoms with Crippen molar-refractivity contribution < 1.29 is 9.53 Å². The molecule has 3 rings (SSSR count). The molecule has 1 saturated heterocycles. The Morgan fingerprint density at radius 2 is 2.04 bits per heavy atom. The molecule has 0 radical (unpaired) electrons. The lowest BCUT2D eigenvalue weighted by molar-refractivity contribution is -0.125. The number of benzene rings is 1. The van der Waals surface area contributed by atoms with Crippen molar-refractivity contribution >= 4 is 29.0 Å². The van der Waals surface area contributed by atoms with Crippen LogP contribution < -0.4 is 11.1 Å². The summed E-state index contributed by atoms with van der Waals surface area (Å²) in [6.45, 7) is 1.08. The van der Waals surface area contributed by atoms with Gasteiger partial charge in [0.2, 0.25) is 5.91 Å². The first kappa shape index (κ1) is 15.8. The number of ether oxygens (including phenoxy) is 1. The van der Waals surface area contributed by atoms with Crippen LogP contribution in [-0.4, -0.2) is 24.1 Å². The van der Waals surface area contributed by atoms with Gasteiger partial charge in [-0.15, -0.1) is 0 Å². The quantitative estimate of drug-likeness (QED) is 0.906. The Bertz CT molecular complexity index is 697. The number of nitrogens with zero attached hydrogens (tertiary/aromatic N) is 1. The molecular formula is C17H18ClN3O2. The van der Waals surface area contributed by atoms with Crippen molar-refractivity contribution in [1.29, 1.82) is 0 Å². The number of nitrogen functional groups attached to an aromatic ring is 1. The Kier molecular flexibility index (Phi) is 4.50. The third kappa shape index (κ3) is 3.30. The van der Waals surface area contributed by atoms with Gasteiger partial charge < -0.3 is 15.8 Å². The van der Waals surface area contributed by atoms with E-state index in [9.17, 15) is 4.79 Å². The first-order chi connectivity index (χ1) is 11.1. The van der Waals surface area contributed by atoms with E-state index in [1.807, 2.05) is 18.2 Å². The molecule has 23 heavy (non-hydrogen) atoms. The van der Waals surface area contributed by atoms with E-state index in [1.54, 1.807) is 24.4 Å². The summed E-state index contributed by atoms with van der Waals surface area (Å²) in [6, 6.07) is 10.9. The van der Waals surface area contributed by atoms with E-state index in [1.165, 1.54) is 0 Å². The number of carbonyl (C=O) groups is 1. The lowest BCUT2D eigenvalue weighted by Crippen LogP contribution is -2.44. The highest BCUT2D eigenvalue weighted by molar-refractivity contribution is 6.30. The van der Waals surface area contributed by atoms with Gasteiger partial charge in [0, 0.05) is 18.2 Å². The maximum Gasteiger partial charge on any atom is 0.235 e. The van der Waals surface area contributed by atoms with Crippen molar-refractivity contribution in [3.05, 3.63) is 53.2 Å². The lowest BCUT2D eigenvalue weighted by atomic mass is 9.73. The smallest absolute Gasteiger partial charge is 0.235 e. The van der Waals surface area contributed by atoms with E-state index in [0.29, 0.717) is 42.6 Å². The zero-order valence-electron chi connectivity index (χ0n) is 12.6. The van der Waals surface area contributed by atoms with Crippen LogP contribution in [0.4, 0.5) is 11.5 Å². The van der Waals surface area contributed by atoms with Crippen LogP contribution in [0.5, 0.6) is 0 Å². The average molecular weight is 332 g/mol. The van der Waals surface area contributed by atoms with Crippen LogP contribution in [0.1, 0.15) is 18.4 Å². The number of pyridine rings is 1. The van der Waals surface area contributed by atoms with Crippen molar-refractivity contribution in [3.63, 3.8) is 0 Å². The van der Waals surface area contributed by atoms with Gasteiger partial charge in [-0.1, -0.05) is 23.7 Å². The molecule has 0 bridgehead atoms. The zero-order valence-corrected chi connectivity index (χ0v) is 13.3. The molecule has 1 aliphatic heterocycles. The van der Waals surface area contributed by atoms with Crippen molar-refractivity contribution in [1.82, 2.24) is 4.98 Å². The number of carbonyl (C=O) groups excluding carboxylic acids is 1. The number of nitrogens with one attached hydrogen (secondary N) is 1. The number of amides is 1. The predicted molar refractivity (Wildman–Crippen MR) is 90.5 cm³/mol. The Morgan fingerprint density at radius 1 is 1.26 bits per heavy atom. The fourth-order valence-corrected chi connectivity index (χ4v) is 3.07. The van der Waals surface area contributed by atoms with Crippen molar-refractivity contribution in [2.45, 2.75) is 18.3 Å². The van der Waals surface area contributed by atoms with E-state index < -0.39 is 5.41 Å². The molecule has 0 spiro atoms. The fourth-order valence-electron chi connectivity index (χ4n) is 2.88. The van der Waals surface area contributed by atoms with E-state index >= 15 is 0 Å². The topological polar surface area (TPSA) is 77.2 Å². The van der Waals surface area contributed by atoms with Gasteiger partial charge in [-0.3, -0.25) is 4.79 Å². The van der Waals surface area contributed by atoms with Crippen molar-refractivity contribution in [2.24, 2.45) is 0 Å². The molecule has 0 unspecified atom stereocenters. The molecule has 2 aromatic rings. The minimum absolute atomic E-state index is 0.0744. The molecule has 0 atom stereocenters. The summed E-state index contributed by atoms with van der Waals surface area (Å²) in [5.74, 6) is 0.341. The largest absolute Gasteiger partial charge is 0.384 e. The van der Waals surface area contributed by atoms with Gasteiger partial charge in [-0.2, -0.15) is 0 Å². The van der Waals surface area contributed by atoms with Crippen LogP contribution >= 0.6 is 11.6 Å². The number of hydrogen-bond donors (Lipinski definition) is 2. The Hall–Kier alpha value is -2.11. The first-order valence-electron chi connectivity index (χ1n) is 7.47. The van der Waals surface area contributed by atoms with Crippen LogP contribution in [-0.2, 0) is 14.9 Å². The van der Waals surface area contributed by atoms with Gasteiger partial charge in [-0.25, -0.2) is 4.98 Å². The minimum atomic E-state index is -0.648. The van der Waals surface area contributed by atoms with E-state index in [4.69, 9.17) is 22.1 Å². The molecule has 6 heteroatoms. The summed E-state index contributed by atoms with van der Waals surface area (Å²) in [5, 5.41) is 3.56. The second-order valence-corrected chi connectivity index (χ2v) is 6.07. The third-order valence-electron chi connectivity index (χ3n) is 4.20. The first-order valence-corrected chi connectivity index (χ1v) is 7.85. The average Bonchev–Trinajstić information content (AvgIpc) is 2.57. The van der Waals surface area contributed by atoms with Gasteiger partial charge in [0.15, 0.2) is 0 Å². The van der Waals surface area contributed by atoms with Crippen LogP contribution in [0.15, 0.2) is 42.6 Å². The number of nitrogens with two attached hydrogens (primary N) is 1. The fraction of sp³-hybridized carbons (Fsp3) is 0.294. The van der Waals surface area contributed by atoms with Crippen LogP contribution in [0, 0.1) is 0 Å². The maximum atomic E-state index is 13.0. The molecule has 1 amide bonds. The van der Waals surface area contributed by atoms with Gasteiger partial charge >= 0.3 is 0 Å². The highest BCUT2D eigenvalue weighted by Crippen LogP contribution is 2.37. The number of anilines is 2. The number of aromatic nitrogens is 1. The SMILES string of the molecule is Nc1ccc(NC(=O)C2(c3cccc(Cl)c3)CCOCC2)cn1. The summed E-state index contributed by atoms with van der Waals surface area (Å²) in [6.07, 6.45) is 2.78. The Morgan fingerprint density at radius 3 is 2.70 bits per heavy atom. The third-order valence-corrected chi connectivity index (χ3v) is 4.44. The van der Waals surface area contributed by atoms with Gasteiger partial charge in [0.05, 0.1) is 17.3 Å². The highest BCUT2D eigenvalue weighted by Gasteiger charge is 2.41. The van der Waals surface area contributed by atoms with Gasteiger partial charge in [0.25, 0.3) is 0 Å². The zero-order chi connectivity index (χ0) is 16.3.